The Labute approximate surface area is 196 Å². The van der Waals surface area contributed by atoms with Crippen molar-refractivity contribution in [3.05, 3.63) is 46.5 Å². The minimum Gasteiger partial charge on any atom is -0.388 e. The number of carbonyl (C=O) groups is 1. The fourth-order valence-electron chi connectivity index (χ4n) is 3.88. The molecule has 1 aliphatic heterocycles. The van der Waals surface area contributed by atoms with Gasteiger partial charge in [0.25, 0.3) is 0 Å². The van der Waals surface area contributed by atoms with E-state index in [0.29, 0.717) is 36.5 Å². The Kier molecular flexibility index (Phi) is 6.59. The molecule has 33 heavy (non-hydrogen) atoms. The molecule has 2 aromatic rings. The molecule has 2 atom stereocenters. The maximum Gasteiger partial charge on any atom is 0.244 e. The predicted molar refractivity (Wildman–Crippen MR) is 120 cm³/mol. The topological polar surface area (TPSA) is 128 Å². The number of aromatic amines is 1. The summed E-state index contributed by atoms with van der Waals surface area (Å²) in [4.78, 5) is 23.3. The molecule has 0 aromatic carbocycles. The zero-order chi connectivity index (χ0) is 23.8. The standard InChI is InChI=1S/C21H25ClFN5O4S/c1-13-11-28(33(31,32)9-5-17(29)25-12-21(30)6-7-21)8-4-15(13)18-19(22)27-20(26-18)16-3-2-14(23)10-24-16/h2-3,5,9-10,13,15,30H,4,6-8,11-12H2,1H3,(H,25,29)(H,26,27)/t13-,15+/m0/s1. The second kappa shape index (κ2) is 9.13. The molecule has 0 unspecified atom stereocenters. The second-order valence-electron chi connectivity index (χ2n) is 8.67. The van der Waals surface area contributed by atoms with Crippen molar-refractivity contribution in [2.24, 2.45) is 5.92 Å². The van der Waals surface area contributed by atoms with Crippen molar-refractivity contribution in [2.75, 3.05) is 19.6 Å². The van der Waals surface area contributed by atoms with E-state index < -0.39 is 27.3 Å². The van der Waals surface area contributed by atoms with Crippen LogP contribution in [0.1, 0.15) is 37.8 Å². The Hall–Kier alpha value is -2.34. The van der Waals surface area contributed by atoms with Crippen molar-refractivity contribution in [1.82, 2.24) is 24.6 Å². The first-order chi connectivity index (χ1) is 15.6. The van der Waals surface area contributed by atoms with Gasteiger partial charge >= 0.3 is 0 Å². The monoisotopic (exact) mass is 497 g/mol. The first-order valence-electron chi connectivity index (χ1n) is 10.6. The summed E-state index contributed by atoms with van der Waals surface area (Å²) in [6.07, 6.45) is 3.84. The summed E-state index contributed by atoms with van der Waals surface area (Å²) in [7, 11) is -3.78. The molecule has 178 valence electrons. The van der Waals surface area contributed by atoms with Crippen molar-refractivity contribution in [3.8, 4) is 11.5 Å². The number of hydrogen-bond acceptors (Lipinski definition) is 6. The average molecular weight is 498 g/mol. The number of imidazole rings is 1. The number of rotatable bonds is 7. The number of halogens is 2. The lowest BCUT2D eigenvalue weighted by atomic mass is 9.86. The van der Waals surface area contributed by atoms with Crippen molar-refractivity contribution < 1.29 is 22.7 Å². The highest BCUT2D eigenvalue weighted by molar-refractivity contribution is 7.92. The van der Waals surface area contributed by atoms with Gasteiger partial charge in [-0.3, -0.25) is 4.79 Å². The summed E-state index contributed by atoms with van der Waals surface area (Å²) in [6, 6.07) is 2.78. The molecule has 9 nitrogen and oxygen atoms in total. The Morgan fingerprint density at radius 1 is 1.45 bits per heavy atom. The van der Waals surface area contributed by atoms with Gasteiger partial charge in [0.05, 0.1) is 22.9 Å². The van der Waals surface area contributed by atoms with Crippen LogP contribution in [0.3, 0.4) is 0 Å². The van der Waals surface area contributed by atoms with Crippen molar-refractivity contribution in [2.45, 2.75) is 37.7 Å². The van der Waals surface area contributed by atoms with Crippen molar-refractivity contribution in [1.29, 1.82) is 0 Å². The molecule has 0 bridgehead atoms. The van der Waals surface area contributed by atoms with Gasteiger partial charge in [-0.05, 0) is 37.3 Å². The summed E-state index contributed by atoms with van der Waals surface area (Å²) in [5.41, 5.74) is 0.296. The number of aliphatic hydroxyl groups is 1. The number of piperidine rings is 1. The quantitative estimate of drug-likeness (QED) is 0.503. The molecule has 1 saturated carbocycles. The normalized spacial score (nSPS) is 23.0. The van der Waals surface area contributed by atoms with Crippen LogP contribution in [0, 0.1) is 11.7 Å². The number of nitrogens with one attached hydrogen (secondary N) is 2. The Balaban J connectivity index is 1.39. The molecule has 2 aromatic heterocycles. The van der Waals surface area contributed by atoms with Crippen LogP contribution < -0.4 is 5.32 Å². The summed E-state index contributed by atoms with van der Waals surface area (Å²) in [5.74, 6) is -0.732. The molecule has 2 fully saturated rings. The number of amides is 1. The van der Waals surface area contributed by atoms with E-state index in [4.69, 9.17) is 11.6 Å². The number of aromatic nitrogens is 3. The van der Waals surface area contributed by atoms with E-state index in [9.17, 15) is 22.7 Å². The highest BCUT2D eigenvalue weighted by atomic mass is 35.5. The van der Waals surface area contributed by atoms with E-state index in [0.717, 1.165) is 17.7 Å². The van der Waals surface area contributed by atoms with Gasteiger partial charge in [-0.1, -0.05) is 18.5 Å². The van der Waals surface area contributed by atoms with Gasteiger partial charge in [-0.25, -0.2) is 22.8 Å². The lowest BCUT2D eigenvalue weighted by molar-refractivity contribution is -0.117. The van der Waals surface area contributed by atoms with Gasteiger partial charge in [0.15, 0.2) is 11.0 Å². The average Bonchev–Trinajstić information content (AvgIpc) is 3.40. The van der Waals surface area contributed by atoms with E-state index in [2.05, 4.69) is 20.3 Å². The molecule has 1 saturated heterocycles. The SMILES string of the molecule is C[C@H]1CN(S(=O)(=O)C=CC(=O)NCC2(O)CC2)CC[C@H]1c1[nH]c(-c2ccc(F)cn2)nc1Cl. The molecular formula is C21H25ClFN5O4S. The fourth-order valence-corrected chi connectivity index (χ4v) is 5.42. The summed E-state index contributed by atoms with van der Waals surface area (Å²) in [6.45, 7) is 2.53. The number of sulfonamides is 1. The van der Waals surface area contributed by atoms with E-state index in [1.165, 1.54) is 16.4 Å². The Morgan fingerprint density at radius 2 is 2.21 bits per heavy atom. The molecule has 12 heteroatoms. The maximum atomic E-state index is 13.1. The van der Waals surface area contributed by atoms with Gasteiger partial charge in [-0.15, -0.1) is 0 Å². The molecule has 2 aliphatic rings. The molecular weight excluding hydrogens is 473 g/mol. The zero-order valence-corrected chi connectivity index (χ0v) is 19.5. The van der Waals surface area contributed by atoms with Crippen LogP contribution in [0.4, 0.5) is 4.39 Å². The number of nitrogens with zero attached hydrogens (tertiary/aromatic N) is 3. The van der Waals surface area contributed by atoms with Crippen LogP contribution in [-0.2, 0) is 14.8 Å². The molecule has 0 radical (unpaired) electrons. The Bertz CT molecular complexity index is 1160. The van der Waals surface area contributed by atoms with Gasteiger partial charge in [-0.2, -0.15) is 4.31 Å². The number of H-pyrrole nitrogens is 1. The third kappa shape index (κ3) is 5.60. The summed E-state index contributed by atoms with van der Waals surface area (Å²) < 4.78 is 39.9. The first-order valence-corrected chi connectivity index (χ1v) is 12.5. The van der Waals surface area contributed by atoms with Crippen LogP contribution in [-0.4, -0.2) is 63.9 Å². The minimum absolute atomic E-state index is 0.0581. The van der Waals surface area contributed by atoms with Crippen LogP contribution in [0.2, 0.25) is 5.15 Å². The highest BCUT2D eigenvalue weighted by Gasteiger charge is 2.40. The van der Waals surface area contributed by atoms with Crippen LogP contribution >= 0.6 is 11.6 Å². The van der Waals surface area contributed by atoms with Crippen LogP contribution in [0.25, 0.3) is 11.5 Å². The van der Waals surface area contributed by atoms with Crippen LogP contribution in [0.5, 0.6) is 0 Å². The number of carbonyl (C=O) groups excluding carboxylic acids is 1. The van der Waals surface area contributed by atoms with Gasteiger partial charge in [0.2, 0.25) is 15.9 Å². The number of pyridine rings is 1. The predicted octanol–water partition coefficient (Wildman–Crippen LogP) is 2.17. The minimum atomic E-state index is -3.78. The molecule has 1 aliphatic carbocycles. The highest BCUT2D eigenvalue weighted by Crippen LogP contribution is 2.37. The second-order valence-corrected chi connectivity index (χ2v) is 10.8. The molecule has 3 N–H and O–H groups in total. The van der Waals surface area contributed by atoms with E-state index in [1.807, 2.05) is 6.92 Å². The lowest BCUT2D eigenvalue weighted by Gasteiger charge is -2.35. The van der Waals surface area contributed by atoms with Crippen molar-refractivity contribution in [3.63, 3.8) is 0 Å². The molecule has 3 heterocycles. The van der Waals surface area contributed by atoms with Gasteiger partial charge < -0.3 is 15.4 Å². The summed E-state index contributed by atoms with van der Waals surface area (Å²) in [5, 5.41) is 13.4. The molecule has 4 rings (SSSR count). The van der Waals surface area contributed by atoms with E-state index in [-0.39, 0.29) is 36.6 Å². The molecule has 1 amide bonds. The first kappa shape index (κ1) is 23.8. The summed E-state index contributed by atoms with van der Waals surface area (Å²) >= 11 is 6.35. The van der Waals surface area contributed by atoms with Crippen molar-refractivity contribution >= 4 is 27.5 Å². The third-order valence-electron chi connectivity index (χ3n) is 6.06. The number of hydrogen-bond donors (Lipinski definition) is 3. The Morgan fingerprint density at radius 3 is 2.85 bits per heavy atom. The lowest BCUT2D eigenvalue weighted by Crippen LogP contribution is -2.41. The molecule has 0 spiro atoms. The smallest absolute Gasteiger partial charge is 0.244 e. The largest absolute Gasteiger partial charge is 0.388 e. The zero-order valence-electron chi connectivity index (χ0n) is 18.0. The van der Waals surface area contributed by atoms with E-state index in [1.54, 1.807) is 0 Å². The van der Waals surface area contributed by atoms with Gasteiger partial charge in [0.1, 0.15) is 11.5 Å². The third-order valence-corrected chi connectivity index (χ3v) is 7.88. The van der Waals surface area contributed by atoms with E-state index >= 15 is 0 Å². The van der Waals surface area contributed by atoms with Gasteiger partial charge in [0, 0.05) is 31.6 Å². The van der Waals surface area contributed by atoms with Crippen LogP contribution in [0.15, 0.2) is 29.8 Å². The maximum absolute atomic E-state index is 13.1. The fraction of sp³-hybridized carbons (Fsp3) is 0.476.